The normalized spacial score (nSPS) is 25.6. The van der Waals surface area contributed by atoms with Crippen LogP contribution in [0.3, 0.4) is 0 Å². The Morgan fingerprint density at radius 1 is 1.30 bits per heavy atom. The Hall–Kier alpha value is -0.170. The molecule has 118 valence electrons. The molecule has 1 saturated carbocycles. The summed E-state index contributed by atoms with van der Waals surface area (Å²) in [6.07, 6.45) is 4.68. The van der Waals surface area contributed by atoms with Crippen molar-refractivity contribution >= 4 is 10.2 Å². The summed E-state index contributed by atoms with van der Waals surface area (Å²) in [6, 6.07) is 0.216. The fourth-order valence-corrected chi connectivity index (χ4v) is 4.75. The van der Waals surface area contributed by atoms with Crippen LogP contribution in [0.5, 0.6) is 0 Å². The van der Waals surface area contributed by atoms with E-state index in [9.17, 15) is 13.5 Å². The van der Waals surface area contributed by atoms with Crippen molar-refractivity contribution in [2.75, 3.05) is 26.2 Å². The number of hydrogen-bond acceptors (Lipinski definition) is 3. The van der Waals surface area contributed by atoms with Crippen LogP contribution in [0.1, 0.15) is 46.0 Å². The number of aliphatic hydroxyl groups excluding tert-OH is 1. The van der Waals surface area contributed by atoms with Crippen molar-refractivity contribution in [3.05, 3.63) is 0 Å². The van der Waals surface area contributed by atoms with Crippen LogP contribution >= 0.6 is 0 Å². The Morgan fingerprint density at radius 3 is 2.55 bits per heavy atom. The van der Waals surface area contributed by atoms with Crippen LogP contribution in [0.15, 0.2) is 0 Å². The summed E-state index contributed by atoms with van der Waals surface area (Å²) in [4.78, 5) is 0. The molecular weight excluding hydrogens is 276 g/mol. The Balaban J connectivity index is 2.05. The molecule has 5 nitrogen and oxygen atoms in total. The predicted octanol–water partition coefficient (Wildman–Crippen LogP) is 1.45. The van der Waals surface area contributed by atoms with Crippen molar-refractivity contribution in [3.63, 3.8) is 0 Å². The summed E-state index contributed by atoms with van der Waals surface area (Å²) >= 11 is 0. The highest BCUT2D eigenvalue weighted by molar-refractivity contribution is 7.86. The largest absolute Gasteiger partial charge is 0.396 e. The van der Waals surface area contributed by atoms with Crippen LogP contribution in [-0.2, 0) is 10.2 Å². The molecule has 0 aromatic heterocycles. The van der Waals surface area contributed by atoms with Gasteiger partial charge in [0.25, 0.3) is 10.2 Å². The van der Waals surface area contributed by atoms with Crippen LogP contribution in [-0.4, -0.2) is 54.4 Å². The minimum Gasteiger partial charge on any atom is -0.396 e. The van der Waals surface area contributed by atoms with Gasteiger partial charge in [-0.1, -0.05) is 13.8 Å². The second-order valence-electron chi connectivity index (χ2n) is 6.58. The van der Waals surface area contributed by atoms with Crippen molar-refractivity contribution in [2.24, 2.45) is 11.8 Å². The van der Waals surface area contributed by atoms with Gasteiger partial charge in [0.05, 0.1) is 0 Å². The molecule has 1 aliphatic carbocycles. The van der Waals surface area contributed by atoms with Crippen molar-refractivity contribution in [1.29, 1.82) is 0 Å². The van der Waals surface area contributed by atoms with E-state index in [-0.39, 0.29) is 18.6 Å². The quantitative estimate of drug-likeness (QED) is 0.774. The van der Waals surface area contributed by atoms with E-state index < -0.39 is 10.2 Å². The van der Waals surface area contributed by atoms with Crippen LogP contribution in [0, 0.1) is 11.8 Å². The highest BCUT2D eigenvalue weighted by Crippen LogP contribution is 2.32. The summed E-state index contributed by atoms with van der Waals surface area (Å²) < 4.78 is 28.9. The molecule has 2 aliphatic rings. The zero-order chi connectivity index (χ0) is 14.8. The van der Waals surface area contributed by atoms with E-state index in [0.717, 1.165) is 32.1 Å². The molecule has 1 heterocycles. The van der Waals surface area contributed by atoms with E-state index in [0.29, 0.717) is 25.6 Å². The van der Waals surface area contributed by atoms with Gasteiger partial charge in [0.15, 0.2) is 0 Å². The second kappa shape index (κ2) is 6.73. The third kappa shape index (κ3) is 3.93. The average molecular weight is 304 g/mol. The summed E-state index contributed by atoms with van der Waals surface area (Å²) in [5.41, 5.74) is 0. The lowest BCUT2D eigenvalue weighted by Crippen LogP contribution is -2.49. The monoisotopic (exact) mass is 304 g/mol. The molecule has 1 aliphatic heterocycles. The lowest BCUT2D eigenvalue weighted by atomic mass is 10.0. The Labute approximate surface area is 123 Å². The SMILES string of the molecule is CC(C)CCN(C1CC1)S(=O)(=O)N1CCCC(CO)C1. The number of nitrogens with zero attached hydrogens (tertiary/aromatic N) is 2. The standard InChI is InChI=1S/C14H28N2O3S/c1-12(2)7-9-16(14-5-6-14)20(18,19)15-8-3-4-13(10-15)11-17/h12-14,17H,3-11H2,1-2H3. The van der Waals surface area contributed by atoms with E-state index >= 15 is 0 Å². The van der Waals surface area contributed by atoms with Gasteiger partial charge < -0.3 is 5.11 Å². The fraction of sp³-hybridized carbons (Fsp3) is 1.00. The minimum atomic E-state index is -3.34. The van der Waals surface area contributed by atoms with Crippen molar-refractivity contribution in [2.45, 2.75) is 52.0 Å². The van der Waals surface area contributed by atoms with Gasteiger partial charge in [0, 0.05) is 32.3 Å². The maximum Gasteiger partial charge on any atom is 0.282 e. The molecule has 2 fully saturated rings. The predicted molar refractivity (Wildman–Crippen MR) is 79.5 cm³/mol. The molecule has 20 heavy (non-hydrogen) atoms. The highest BCUT2D eigenvalue weighted by atomic mass is 32.2. The molecule has 1 atom stereocenters. The van der Waals surface area contributed by atoms with Crippen LogP contribution in [0.25, 0.3) is 0 Å². The maximum atomic E-state index is 12.8. The molecule has 0 aromatic carbocycles. The van der Waals surface area contributed by atoms with Gasteiger partial charge in [-0.05, 0) is 43.9 Å². The summed E-state index contributed by atoms with van der Waals surface area (Å²) in [6.45, 7) is 6.04. The van der Waals surface area contributed by atoms with E-state index in [1.165, 1.54) is 0 Å². The Morgan fingerprint density at radius 2 is 2.00 bits per heavy atom. The Bertz CT molecular complexity index is 407. The van der Waals surface area contributed by atoms with Crippen LogP contribution < -0.4 is 0 Å². The van der Waals surface area contributed by atoms with Crippen molar-refractivity contribution < 1.29 is 13.5 Å². The summed E-state index contributed by atoms with van der Waals surface area (Å²) in [7, 11) is -3.34. The average Bonchev–Trinajstić information content (AvgIpc) is 3.23. The topological polar surface area (TPSA) is 60.9 Å². The molecular formula is C14H28N2O3S. The molecule has 0 aromatic rings. The van der Waals surface area contributed by atoms with Crippen molar-refractivity contribution in [1.82, 2.24) is 8.61 Å². The molecule has 0 amide bonds. The van der Waals surface area contributed by atoms with Gasteiger partial charge in [-0.25, -0.2) is 0 Å². The van der Waals surface area contributed by atoms with E-state index in [1.54, 1.807) is 8.61 Å². The lowest BCUT2D eigenvalue weighted by Gasteiger charge is -2.35. The van der Waals surface area contributed by atoms with Gasteiger partial charge in [-0.2, -0.15) is 17.0 Å². The molecule has 0 radical (unpaired) electrons. The molecule has 0 spiro atoms. The molecule has 0 bridgehead atoms. The maximum absolute atomic E-state index is 12.8. The highest BCUT2D eigenvalue weighted by Gasteiger charge is 2.41. The van der Waals surface area contributed by atoms with Gasteiger partial charge in [-0.15, -0.1) is 0 Å². The summed E-state index contributed by atoms with van der Waals surface area (Å²) in [5.74, 6) is 0.614. The van der Waals surface area contributed by atoms with E-state index in [1.807, 2.05) is 0 Å². The summed E-state index contributed by atoms with van der Waals surface area (Å²) in [5, 5.41) is 9.28. The number of piperidine rings is 1. The second-order valence-corrected chi connectivity index (χ2v) is 8.46. The van der Waals surface area contributed by atoms with Crippen molar-refractivity contribution in [3.8, 4) is 0 Å². The molecule has 1 unspecified atom stereocenters. The number of aliphatic hydroxyl groups is 1. The first kappa shape index (κ1) is 16.2. The van der Waals surface area contributed by atoms with E-state index in [2.05, 4.69) is 13.8 Å². The smallest absolute Gasteiger partial charge is 0.282 e. The Kier molecular flexibility index (Phi) is 5.45. The van der Waals surface area contributed by atoms with Gasteiger partial charge in [-0.3, -0.25) is 0 Å². The molecule has 6 heteroatoms. The fourth-order valence-electron chi connectivity index (χ4n) is 2.77. The van der Waals surface area contributed by atoms with Gasteiger partial charge >= 0.3 is 0 Å². The molecule has 1 N–H and O–H groups in total. The lowest BCUT2D eigenvalue weighted by molar-refractivity contribution is 0.160. The van der Waals surface area contributed by atoms with Crippen LogP contribution in [0.2, 0.25) is 0 Å². The van der Waals surface area contributed by atoms with Gasteiger partial charge in [0.1, 0.15) is 0 Å². The third-order valence-corrected chi connectivity index (χ3v) is 6.30. The molecule has 1 saturated heterocycles. The first-order valence-corrected chi connectivity index (χ1v) is 9.22. The minimum absolute atomic E-state index is 0.0848. The number of hydrogen-bond donors (Lipinski definition) is 1. The first-order valence-electron chi connectivity index (χ1n) is 7.83. The van der Waals surface area contributed by atoms with Crippen LogP contribution in [0.4, 0.5) is 0 Å². The third-order valence-electron chi connectivity index (χ3n) is 4.24. The first-order chi connectivity index (χ1) is 9.45. The zero-order valence-corrected chi connectivity index (χ0v) is 13.5. The zero-order valence-electron chi connectivity index (χ0n) is 12.7. The number of rotatable bonds is 7. The van der Waals surface area contributed by atoms with Gasteiger partial charge in [0.2, 0.25) is 0 Å². The molecule has 2 rings (SSSR count). The van der Waals surface area contributed by atoms with E-state index in [4.69, 9.17) is 0 Å².